The van der Waals surface area contributed by atoms with E-state index in [1.807, 2.05) is 12.1 Å². The molecule has 0 aromatic heterocycles. The van der Waals surface area contributed by atoms with Crippen LogP contribution in [0.5, 0.6) is 0 Å². The summed E-state index contributed by atoms with van der Waals surface area (Å²) in [5, 5.41) is 0.630. The molecule has 0 saturated carbocycles. The Bertz CT molecular complexity index is 979. The van der Waals surface area contributed by atoms with Crippen molar-refractivity contribution in [2.24, 2.45) is 0 Å². The normalized spacial score (nSPS) is 11.1. The third-order valence-corrected chi connectivity index (χ3v) is 7.03. The van der Waals surface area contributed by atoms with Gasteiger partial charge in [-0.15, -0.1) is 26.3 Å². The van der Waals surface area contributed by atoms with Crippen LogP contribution in [0.3, 0.4) is 0 Å². The fourth-order valence-corrected chi connectivity index (χ4v) is 5.10. The smallest absolute Gasteiger partial charge is 0.321 e. The molecule has 2 N–H and O–H groups in total. The van der Waals surface area contributed by atoms with Gasteiger partial charge in [0.05, 0.1) is 23.8 Å². The van der Waals surface area contributed by atoms with Gasteiger partial charge in [0, 0.05) is 0 Å². The van der Waals surface area contributed by atoms with Crippen molar-refractivity contribution < 1.29 is 28.0 Å². The quantitative estimate of drug-likeness (QED) is 0.336. The Balaban J connectivity index is 0.000000320. The van der Waals surface area contributed by atoms with Crippen LogP contribution in [0.2, 0.25) is 0 Å². The highest BCUT2D eigenvalue weighted by atomic mass is 31.2. The SMILES string of the molecule is C=CCOP(=O)(OCC=C)c1ccccc1.C=CCc1cccc(P(=O)(O)O)c1CC=C. The fourth-order valence-electron chi connectivity index (χ4n) is 2.72. The summed E-state index contributed by atoms with van der Waals surface area (Å²) in [5.41, 5.74) is 1.54. The lowest BCUT2D eigenvalue weighted by Crippen LogP contribution is -2.13. The number of benzene rings is 2. The van der Waals surface area contributed by atoms with Gasteiger partial charge in [-0.2, -0.15) is 0 Å². The average molecular weight is 476 g/mol. The molecule has 0 heterocycles. The van der Waals surface area contributed by atoms with Gasteiger partial charge in [-0.25, -0.2) is 0 Å². The molecular formula is C24H30O6P2. The second kappa shape index (κ2) is 14.0. The van der Waals surface area contributed by atoms with E-state index in [-0.39, 0.29) is 18.5 Å². The highest BCUT2D eigenvalue weighted by Crippen LogP contribution is 2.46. The van der Waals surface area contributed by atoms with Crippen LogP contribution in [0.15, 0.2) is 99.2 Å². The monoisotopic (exact) mass is 476 g/mol. The van der Waals surface area contributed by atoms with Crippen LogP contribution in [0.4, 0.5) is 0 Å². The highest BCUT2D eigenvalue weighted by Gasteiger charge is 2.26. The Morgan fingerprint density at radius 1 is 0.750 bits per heavy atom. The Labute approximate surface area is 190 Å². The summed E-state index contributed by atoms with van der Waals surface area (Å²) in [4.78, 5) is 18.5. The summed E-state index contributed by atoms with van der Waals surface area (Å²) in [6.07, 6.45) is 7.47. The van der Waals surface area contributed by atoms with Crippen molar-refractivity contribution in [2.75, 3.05) is 13.2 Å². The van der Waals surface area contributed by atoms with E-state index in [1.165, 1.54) is 18.2 Å². The number of allylic oxidation sites excluding steroid dienone is 2. The third kappa shape index (κ3) is 8.68. The molecular weight excluding hydrogens is 446 g/mol. The van der Waals surface area contributed by atoms with E-state index in [0.717, 1.165) is 5.56 Å². The van der Waals surface area contributed by atoms with Crippen molar-refractivity contribution >= 4 is 25.8 Å². The van der Waals surface area contributed by atoms with Crippen LogP contribution in [0.25, 0.3) is 0 Å². The summed E-state index contributed by atoms with van der Waals surface area (Å²) in [6.45, 7) is 14.6. The standard InChI is InChI=1S/2C12H15O3P/c1-3-10-14-16(13,15-11-4-2)12-8-6-5-7-9-12;1-3-6-10-8-5-9-12(16(13,14)15)11(10)7-4-2/h3-9H,1-2,10-11H2;3-5,8-9H,1-2,6-7H2,(H2,13,14,15). The van der Waals surface area contributed by atoms with Crippen LogP contribution in [-0.2, 0) is 31.0 Å². The van der Waals surface area contributed by atoms with Crippen LogP contribution in [0.1, 0.15) is 11.1 Å². The van der Waals surface area contributed by atoms with Crippen LogP contribution in [0, 0.1) is 0 Å². The summed E-state index contributed by atoms with van der Waals surface area (Å²) in [6, 6.07) is 13.8. The number of hydrogen-bond donors (Lipinski definition) is 2. The van der Waals surface area contributed by atoms with Crippen molar-refractivity contribution in [2.45, 2.75) is 12.8 Å². The summed E-state index contributed by atoms with van der Waals surface area (Å²) >= 11 is 0. The predicted octanol–water partition coefficient (Wildman–Crippen LogP) is 4.86. The Kier molecular flexibility index (Phi) is 12.1. The van der Waals surface area contributed by atoms with Gasteiger partial charge in [-0.1, -0.05) is 54.6 Å². The maximum atomic E-state index is 12.4. The van der Waals surface area contributed by atoms with Gasteiger partial charge >= 0.3 is 15.2 Å². The molecule has 2 aromatic carbocycles. The average Bonchev–Trinajstić information content (AvgIpc) is 2.78. The lowest BCUT2D eigenvalue weighted by Gasteiger charge is -2.16. The Morgan fingerprint density at radius 3 is 1.78 bits per heavy atom. The first-order valence-corrected chi connectivity index (χ1v) is 12.9. The van der Waals surface area contributed by atoms with Crippen molar-refractivity contribution in [1.82, 2.24) is 0 Å². The molecule has 32 heavy (non-hydrogen) atoms. The maximum absolute atomic E-state index is 12.4. The topological polar surface area (TPSA) is 93.1 Å². The molecule has 2 rings (SSSR count). The zero-order valence-electron chi connectivity index (χ0n) is 18.0. The second-order valence-corrected chi connectivity index (χ2v) is 10.0. The van der Waals surface area contributed by atoms with Gasteiger partial charge in [0.1, 0.15) is 0 Å². The van der Waals surface area contributed by atoms with Crippen LogP contribution in [-0.4, -0.2) is 23.0 Å². The predicted molar refractivity (Wildman–Crippen MR) is 132 cm³/mol. The molecule has 0 aliphatic rings. The van der Waals surface area contributed by atoms with Gasteiger partial charge in [0.25, 0.3) is 0 Å². The number of rotatable bonds is 12. The molecule has 0 radical (unpaired) electrons. The summed E-state index contributed by atoms with van der Waals surface area (Å²) < 4.78 is 34.2. The number of hydrogen-bond acceptors (Lipinski definition) is 4. The molecule has 0 aliphatic carbocycles. The minimum Gasteiger partial charge on any atom is -0.321 e. The molecule has 0 atom stereocenters. The van der Waals surface area contributed by atoms with Crippen molar-refractivity contribution in [3.8, 4) is 0 Å². The van der Waals surface area contributed by atoms with Crippen molar-refractivity contribution in [1.29, 1.82) is 0 Å². The molecule has 2 aromatic rings. The minimum atomic E-state index is -4.22. The lowest BCUT2D eigenvalue weighted by atomic mass is 10.0. The maximum Gasteiger partial charge on any atom is 0.361 e. The minimum absolute atomic E-state index is 0.0896. The molecule has 0 fully saturated rings. The van der Waals surface area contributed by atoms with E-state index in [0.29, 0.717) is 23.7 Å². The van der Waals surface area contributed by atoms with E-state index in [2.05, 4.69) is 26.3 Å². The molecule has 172 valence electrons. The third-order valence-electron chi connectivity index (χ3n) is 4.07. The van der Waals surface area contributed by atoms with Gasteiger partial charge in [-0.05, 0) is 42.2 Å². The van der Waals surface area contributed by atoms with Crippen LogP contribution >= 0.6 is 15.2 Å². The van der Waals surface area contributed by atoms with Gasteiger partial charge in [0.2, 0.25) is 0 Å². The molecule has 0 aliphatic heterocycles. The highest BCUT2D eigenvalue weighted by molar-refractivity contribution is 7.62. The first kappa shape index (κ1) is 27.7. The first-order valence-electron chi connectivity index (χ1n) is 9.78. The lowest BCUT2D eigenvalue weighted by molar-refractivity contribution is 0.247. The molecule has 6 nitrogen and oxygen atoms in total. The summed E-state index contributed by atoms with van der Waals surface area (Å²) in [5.74, 6) is 0. The molecule has 0 bridgehead atoms. The molecule has 0 unspecified atom stereocenters. The summed E-state index contributed by atoms with van der Waals surface area (Å²) in [7, 11) is -7.47. The fraction of sp³-hybridized carbons (Fsp3) is 0.167. The van der Waals surface area contributed by atoms with Crippen LogP contribution < -0.4 is 10.6 Å². The second-order valence-electron chi connectivity index (χ2n) is 6.45. The first-order chi connectivity index (χ1) is 15.2. The zero-order chi connectivity index (χ0) is 24.0. The van der Waals surface area contributed by atoms with Crippen molar-refractivity contribution in [3.05, 3.63) is 110 Å². The Hall–Kier alpha value is -2.30. The van der Waals surface area contributed by atoms with E-state index in [1.54, 1.807) is 42.5 Å². The molecule has 0 saturated heterocycles. The van der Waals surface area contributed by atoms with Gasteiger partial charge < -0.3 is 18.8 Å². The van der Waals surface area contributed by atoms with E-state index in [4.69, 9.17) is 9.05 Å². The van der Waals surface area contributed by atoms with Crippen molar-refractivity contribution in [3.63, 3.8) is 0 Å². The molecule has 0 spiro atoms. The van der Waals surface area contributed by atoms with E-state index >= 15 is 0 Å². The van der Waals surface area contributed by atoms with E-state index < -0.39 is 15.2 Å². The zero-order valence-corrected chi connectivity index (χ0v) is 19.8. The Morgan fingerprint density at radius 2 is 1.31 bits per heavy atom. The largest absolute Gasteiger partial charge is 0.361 e. The van der Waals surface area contributed by atoms with E-state index in [9.17, 15) is 18.9 Å². The van der Waals surface area contributed by atoms with Gasteiger partial charge in [-0.3, -0.25) is 9.13 Å². The molecule has 8 heteroatoms. The molecule has 0 amide bonds. The van der Waals surface area contributed by atoms with Gasteiger partial charge in [0.15, 0.2) is 0 Å².